The number of carbonyl (C=O) groups excluding carboxylic acids is 2. The number of ketones is 1. The monoisotopic (exact) mass is 564 g/mol. The molecule has 1 amide bonds. The molecule has 206 valence electrons. The number of anilines is 2. The summed E-state index contributed by atoms with van der Waals surface area (Å²) in [5.74, 6) is -0.378. The van der Waals surface area contributed by atoms with Gasteiger partial charge in [-0.25, -0.2) is 4.98 Å². The summed E-state index contributed by atoms with van der Waals surface area (Å²) in [5, 5.41) is 14.6. The first-order chi connectivity index (χ1) is 19.6. The Morgan fingerprint density at radius 2 is 1.63 bits per heavy atom. The highest BCUT2D eigenvalue weighted by molar-refractivity contribution is 7.21. The van der Waals surface area contributed by atoms with E-state index in [1.54, 1.807) is 6.92 Å². The molecule has 2 heterocycles. The minimum absolute atomic E-state index is 0.111. The van der Waals surface area contributed by atoms with Crippen molar-refractivity contribution in [2.24, 2.45) is 0 Å². The predicted octanol–water partition coefficient (Wildman–Crippen LogP) is 7.68. The van der Waals surface area contributed by atoms with Crippen LogP contribution in [0.5, 0.6) is 0 Å². The standard InChI is InChI=1S/C32H28N4O4S/c1-17(2)20-9-11-21(12-10-20)26-25(31(38)35-24-8-6-5-7-18(24)3)19(4)34-32-27(26)28(33)30(41-32)29(37)22-13-15-23(16-14-22)36(39)40/h5-17H,33H2,1-4H3,(H,35,38). The molecule has 5 aromatic rings. The number of thiophene rings is 1. The number of rotatable bonds is 7. The van der Waals surface area contributed by atoms with E-state index < -0.39 is 4.92 Å². The SMILES string of the molecule is Cc1ccccc1NC(=O)c1c(C)nc2sc(C(=O)c3ccc([N+](=O)[O-])cc3)c(N)c2c1-c1ccc(C(C)C)cc1. The van der Waals surface area contributed by atoms with Crippen LogP contribution in [0, 0.1) is 24.0 Å². The second-order valence-corrected chi connectivity index (χ2v) is 11.2. The highest BCUT2D eigenvalue weighted by Gasteiger charge is 2.27. The Labute approximate surface area is 241 Å². The molecule has 5 rings (SSSR count). The third-order valence-electron chi connectivity index (χ3n) is 7.09. The number of carbonyl (C=O) groups is 2. The number of nitro groups is 1. The third-order valence-corrected chi connectivity index (χ3v) is 8.19. The van der Waals surface area contributed by atoms with E-state index in [1.807, 2.05) is 55.5 Å². The van der Waals surface area contributed by atoms with Crippen LogP contribution >= 0.6 is 11.3 Å². The zero-order chi connectivity index (χ0) is 29.4. The number of fused-ring (bicyclic) bond motifs is 1. The lowest BCUT2D eigenvalue weighted by Gasteiger charge is -2.16. The van der Waals surface area contributed by atoms with Crippen LogP contribution in [0.15, 0.2) is 72.8 Å². The van der Waals surface area contributed by atoms with Gasteiger partial charge in [-0.05, 0) is 54.7 Å². The Hall–Kier alpha value is -4.89. The van der Waals surface area contributed by atoms with Gasteiger partial charge in [-0.3, -0.25) is 19.7 Å². The maximum Gasteiger partial charge on any atom is 0.269 e. The van der Waals surface area contributed by atoms with Gasteiger partial charge in [0.25, 0.3) is 11.6 Å². The molecule has 0 saturated heterocycles. The second-order valence-electron chi connectivity index (χ2n) is 10.2. The number of benzene rings is 3. The summed E-state index contributed by atoms with van der Waals surface area (Å²) in [6.45, 7) is 7.91. The number of para-hydroxylation sites is 1. The molecule has 9 heteroatoms. The number of nitrogens with two attached hydrogens (primary N) is 1. The molecule has 0 unspecified atom stereocenters. The number of nitro benzene ring substituents is 1. The topological polar surface area (TPSA) is 128 Å². The quantitative estimate of drug-likeness (QED) is 0.119. The average Bonchev–Trinajstić information content (AvgIpc) is 3.28. The van der Waals surface area contributed by atoms with E-state index in [4.69, 9.17) is 10.7 Å². The van der Waals surface area contributed by atoms with Crippen LogP contribution < -0.4 is 11.1 Å². The number of nitrogen functional groups attached to an aromatic ring is 1. The largest absolute Gasteiger partial charge is 0.397 e. The van der Waals surface area contributed by atoms with Crippen LogP contribution in [-0.4, -0.2) is 21.6 Å². The number of nitrogens with zero attached hydrogens (tertiary/aromatic N) is 2. The van der Waals surface area contributed by atoms with Crippen molar-refractivity contribution in [2.45, 2.75) is 33.6 Å². The number of aryl methyl sites for hydroxylation is 2. The molecular formula is C32H28N4O4S. The minimum atomic E-state index is -0.519. The molecular weight excluding hydrogens is 536 g/mol. The van der Waals surface area contributed by atoms with E-state index in [-0.39, 0.29) is 33.5 Å². The molecule has 0 atom stereocenters. The van der Waals surface area contributed by atoms with Crippen molar-refractivity contribution >= 4 is 50.3 Å². The van der Waals surface area contributed by atoms with Gasteiger partial charge in [0, 0.05) is 34.3 Å². The molecule has 0 spiro atoms. The Kier molecular flexibility index (Phi) is 7.38. The van der Waals surface area contributed by atoms with Gasteiger partial charge >= 0.3 is 0 Å². The molecule has 0 saturated carbocycles. The summed E-state index contributed by atoms with van der Waals surface area (Å²) in [6.07, 6.45) is 0. The van der Waals surface area contributed by atoms with Gasteiger partial charge in [0.1, 0.15) is 9.71 Å². The summed E-state index contributed by atoms with van der Waals surface area (Å²) in [7, 11) is 0. The summed E-state index contributed by atoms with van der Waals surface area (Å²) < 4.78 is 0. The second kappa shape index (κ2) is 10.9. The van der Waals surface area contributed by atoms with Crippen LogP contribution in [0.2, 0.25) is 0 Å². The summed E-state index contributed by atoms with van der Waals surface area (Å²) >= 11 is 1.14. The van der Waals surface area contributed by atoms with Crippen LogP contribution in [-0.2, 0) is 0 Å². The van der Waals surface area contributed by atoms with Crippen molar-refractivity contribution in [3.63, 3.8) is 0 Å². The number of pyridine rings is 1. The Bertz CT molecular complexity index is 1820. The van der Waals surface area contributed by atoms with Gasteiger partial charge in [-0.2, -0.15) is 0 Å². The normalized spacial score (nSPS) is 11.1. The molecule has 0 aliphatic rings. The third kappa shape index (κ3) is 5.19. The van der Waals surface area contributed by atoms with Crippen LogP contribution in [0.3, 0.4) is 0 Å². The fourth-order valence-corrected chi connectivity index (χ4v) is 5.91. The highest BCUT2D eigenvalue weighted by Crippen LogP contribution is 2.43. The lowest BCUT2D eigenvalue weighted by molar-refractivity contribution is -0.384. The molecule has 3 N–H and O–H groups in total. The van der Waals surface area contributed by atoms with E-state index in [9.17, 15) is 19.7 Å². The van der Waals surface area contributed by atoms with Gasteiger partial charge in [0.2, 0.25) is 5.78 Å². The zero-order valence-electron chi connectivity index (χ0n) is 23.0. The summed E-state index contributed by atoms with van der Waals surface area (Å²) in [6, 6.07) is 20.9. The first-order valence-electron chi connectivity index (χ1n) is 13.1. The molecule has 0 fully saturated rings. The number of amides is 1. The van der Waals surface area contributed by atoms with Gasteiger partial charge in [-0.1, -0.05) is 56.3 Å². The van der Waals surface area contributed by atoms with E-state index in [0.29, 0.717) is 38.6 Å². The van der Waals surface area contributed by atoms with E-state index in [0.717, 1.165) is 28.0 Å². The van der Waals surface area contributed by atoms with Gasteiger partial charge in [0.05, 0.1) is 21.9 Å². The smallest absolute Gasteiger partial charge is 0.269 e. The molecule has 0 aliphatic heterocycles. The van der Waals surface area contributed by atoms with Crippen molar-refractivity contribution in [2.75, 3.05) is 11.1 Å². The molecule has 0 aliphatic carbocycles. The first-order valence-corrected chi connectivity index (χ1v) is 13.9. The fraction of sp³-hybridized carbons (Fsp3) is 0.156. The lowest BCUT2D eigenvalue weighted by Crippen LogP contribution is -2.16. The van der Waals surface area contributed by atoms with E-state index >= 15 is 0 Å². The van der Waals surface area contributed by atoms with Crippen molar-refractivity contribution < 1.29 is 14.5 Å². The molecule has 0 bridgehead atoms. The maximum absolute atomic E-state index is 13.9. The number of hydrogen-bond donors (Lipinski definition) is 2. The first kappa shape index (κ1) is 27.7. The Morgan fingerprint density at radius 1 is 0.976 bits per heavy atom. The van der Waals surface area contributed by atoms with E-state index in [1.165, 1.54) is 24.3 Å². The van der Waals surface area contributed by atoms with Crippen molar-refractivity contribution in [3.8, 4) is 11.1 Å². The van der Waals surface area contributed by atoms with Gasteiger partial charge < -0.3 is 11.1 Å². The van der Waals surface area contributed by atoms with Crippen molar-refractivity contribution in [1.29, 1.82) is 0 Å². The van der Waals surface area contributed by atoms with Gasteiger partial charge in [0.15, 0.2) is 0 Å². The number of non-ortho nitro benzene ring substituents is 1. The molecule has 0 radical (unpaired) electrons. The van der Waals surface area contributed by atoms with E-state index in [2.05, 4.69) is 19.2 Å². The molecule has 8 nitrogen and oxygen atoms in total. The lowest BCUT2D eigenvalue weighted by atomic mass is 9.92. The van der Waals surface area contributed by atoms with Crippen molar-refractivity contribution in [3.05, 3.63) is 116 Å². The Morgan fingerprint density at radius 3 is 2.24 bits per heavy atom. The maximum atomic E-state index is 13.9. The predicted molar refractivity (Wildman–Crippen MR) is 164 cm³/mol. The number of nitrogens with one attached hydrogen (secondary N) is 1. The van der Waals surface area contributed by atoms with Crippen molar-refractivity contribution in [1.82, 2.24) is 4.98 Å². The summed E-state index contributed by atoms with van der Waals surface area (Å²) in [5.41, 5.74) is 12.1. The zero-order valence-corrected chi connectivity index (χ0v) is 23.8. The number of aromatic nitrogens is 1. The fourth-order valence-electron chi connectivity index (χ4n) is 4.80. The average molecular weight is 565 g/mol. The molecule has 2 aromatic heterocycles. The van der Waals surface area contributed by atoms with Crippen LogP contribution in [0.4, 0.5) is 17.1 Å². The highest BCUT2D eigenvalue weighted by atomic mass is 32.1. The minimum Gasteiger partial charge on any atom is -0.397 e. The molecule has 41 heavy (non-hydrogen) atoms. The summed E-state index contributed by atoms with van der Waals surface area (Å²) in [4.78, 5) is 43.4. The van der Waals surface area contributed by atoms with Crippen LogP contribution in [0.1, 0.15) is 62.2 Å². The van der Waals surface area contributed by atoms with Crippen LogP contribution in [0.25, 0.3) is 21.3 Å². The molecule has 3 aromatic carbocycles. The van der Waals surface area contributed by atoms with Gasteiger partial charge in [-0.15, -0.1) is 11.3 Å². The number of hydrogen-bond acceptors (Lipinski definition) is 7. The Balaban J connectivity index is 1.71.